The number of aryl methyl sites for hydroxylation is 1. The number of imidazole rings is 1. The third-order valence-electron chi connectivity index (χ3n) is 5.09. The van der Waals surface area contributed by atoms with Crippen LogP contribution in [-0.4, -0.2) is 50.9 Å². The van der Waals surface area contributed by atoms with Crippen LogP contribution >= 0.6 is 12.6 Å². The Balaban J connectivity index is 1.36. The molecule has 0 radical (unpaired) electrons. The number of hydrogen-bond acceptors (Lipinski definition) is 5. The molecule has 3 rings (SSSR count). The molecule has 0 aliphatic carbocycles. The summed E-state index contributed by atoms with van der Waals surface area (Å²) in [7, 11) is 0. The van der Waals surface area contributed by atoms with Gasteiger partial charge in [-0.3, -0.25) is 19.3 Å². The van der Waals surface area contributed by atoms with Crippen molar-refractivity contribution < 1.29 is 14.4 Å². The first kappa shape index (κ1) is 21.1. The molecule has 2 atom stereocenters. The van der Waals surface area contributed by atoms with Crippen molar-refractivity contribution in [2.45, 2.75) is 37.9 Å². The van der Waals surface area contributed by atoms with Gasteiger partial charge in [-0.1, -0.05) is 19.1 Å². The Bertz CT molecular complexity index is 834. The van der Waals surface area contributed by atoms with E-state index in [-0.39, 0.29) is 24.3 Å². The van der Waals surface area contributed by atoms with Crippen molar-refractivity contribution in [1.29, 1.82) is 0 Å². The summed E-state index contributed by atoms with van der Waals surface area (Å²) >= 11 is 4.38. The first-order chi connectivity index (χ1) is 14.0. The lowest BCUT2D eigenvalue weighted by Gasteiger charge is -2.17. The van der Waals surface area contributed by atoms with Crippen molar-refractivity contribution in [1.82, 2.24) is 20.2 Å². The van der Waals surface area contributed by atoms with Gasteiger partial charge in [-0.25, -0.2) is 4.98 Å². The van der Waals surface area contributed by atoms with Crippen molar-refractivity contribution in [2.24, 2.45) is 5.92 Å². The predicted molar refractivity (Wildman–Crippen MR) is 113 cm³/mol. The molecular formula is C21H26N4O3S. The van der Waals surface area contributed by atoms with Crippen LogP contribution in [0.5, 0.6) is 0 Å². The van der Waals surface area contributed by atoms with Crippen LogP contribution < -0.4 is 5.32 Å². The van der Waals surface area contributed by atoms with Crippen LogP contribution in [0.15, 0.2) is 36.7 Å². The summed E-state index contributed by atoms with van der Waals surface area (Å²) in [6.45, 7) is 2.95. The predicted octanol–water partition coefficient (Wildman–Crippen LogP) is 2.47. The van der Waals surface area contributed by atoms with Gasteiger partial charge in [0.15, 0.2) is 0 Å². The molecule has 154 valence electrons. The zero-order valence-corrected chi connectivity index (χ0v) is 17.3. The molecule has 2 N–H and O–H groups in total. The van der Waals surface area contributed by atoms with Gasteiger partial charge in [-0.05, 0) is 37.3 Å². The number of carbonyl (C=O) groups is 3. The molecule has 0 bridgehead atoms. The van der Waals surface area contributed by atoms with Crippen molar-refractivity contribution in [3.8, 4) is 0 Å². The highest BCUT2D eigenvalue weighted by atomic mass is 32.1. The van der Waals surface area contributed by atoms with Gasteiger partial charge in [0.05, 0.1) is 16.4 Å². The van der Waals surface area contributed by atoms with Gasteiger partial charge in [0, 0.05) is 31.9 Å². The molecule has 2 heterocycles. The monoisotopic (exact) mass is 414 g/mol. The standard InChI is InChI=1S/C21H26N4O3S/c1-14(8-9-18-22-10-11-23-18)13-24-19(26)17(29)7-4-12-25-20(27)15-5-2-3-6-16(15)21(25)28/h2-3,5-6,10-11,14,17,29H,4,7-9,12-13H2,1H3,(H,22,23)(H,24,26)/t14-,17?/m0/s1. The van der Waals surface area contributed by atoms with E-state index in [4.69, 9.17) is 0 Å². The molecular weight excluding hydrogens is 388 g/mol. The molecule has 3 amide bonds. The second-order valence-electron chi connectivity index (χ2n) is 7.39. The zero-order chi connectivity index (χ0) is 20.8. The summed E-state index contributed by atoms with van der Waals surface area (Å²) in [6, 6.07) is 6.82. The van der Waals surface area contributed by atoms with Crippen LogP contribution in [0.2, 0.25) is 0 Å². The lowest BCUT2D eigenvalue weighted by molar-refractivity contribution is -0.120. The maximum Gasteiger partial charge on any atom is 0.261 e. The average Bonchev–Trinajstić information content (AvgIpc) is 3.33. The summed E-state index contributed by atoms with van der Waals surface area (Å²) < 4.78 is 0. The smallest absolute Gasteiger partial charge is 0.261 e. The van der Waals surface area contributed by atoms with Crippen LogP contribution in [0.3, 0.4) is 0 Å². The summed E-state index contributed by atoms with van der Waals surface area (Å²) in [5.74, 6) is 0.610. The fourth-order valence-electron chi connectivity index (χ4n) is 3.33. The second-order valence-corrected chi connectivity index (χ2v) is 8.01. The minimum atomic E-state index is -0.470. The van der Waals surface area contributed by atoms with E-state index < -0.39 is 5.25 Å². The molecule has 1 aromatic heterocycles. The van der Waals surface area contributed by atoms with Gasteiger partial charge < -0.3 is 10.3 Å². The number of rotatable bonds is 10. The normalized spacial score (nSPS) is 15.3. The Hall–Kier alpha value is -2.61. The van der Waals surface area contributed by atoms with E-state index in [0.29, 0.717) is 36.4 Å². The number of imide groups is 1. The number of amides is 3. The van der Waals surface area contributed by atoms with E-state index in [1.807, 2.05) is 0 Å². The van der Waals surface area contributed by atoms with Crippen LogP contribution in [0.1, 0.15) is 52.7 Å². The van der Waals surface area contributed by atoms with Gasteiger partial charge in [-0.2, -0.15) is 12.6 Å². The minimum absolute atomic E-state index is 0.124. The second kappa shape index (κ2) is 9.73. The maximum absolute atomic E-state index is 12.3. The number of thiol groups is 1. The third kappa shape index (κ3) is 5.26. The Morgan fingerprint density at radius 3 is 2.52 bits per heavy atom. The van der Waals surface area contributed by atoms with Crippen LogP contribution in [0.25, 0.3) is 0 Å². The van der Waals surface area contributed by atoms with E-state index in [1.54, 1.807) is 36.7 Å². The zero-order valence-electron chi connectivity index (χ0n) is 16.4. The molecule has 7 nitrogen and oxygen atoms in total. The largest absolute Gasteiger partial charge is 0.355 e. The highest BCUT2D eigenvalue weighted by Gasteiger charge is 2.34. The van der Waals surface area contributed by atoms with Crippen molar-refractivity contribution in [2.75, 3.05) is 13.1 Å². The Labute approximate surface area is 175 Å². The Kier molecular flexibility index (Phi) is 7.09. The van der Waals surface area contributed by atoms with Gasteiger partial charge >= 0.3 is 0 Å². The fraction of sp³-hybridized carbons (Fsp3) is 0.429. The summed E-state index contributed by atoms with van der Waals surface area (Å²) in [5.41, 5.74) is 0.891. The van der Waals surface area contributed by atoms with Crippen LogP contribution in [0, 0.1) is 5.92 Å². The highest BCUT2D eigenvalue weighted by molar-refractivity contribution is 7.81. The van der Waals surface area contributed by atoms with Gasteiger partial charge in [0.1, 0.15) is 5.82 Å². The van der Waals surface area contributed by atoms with Gasteiger partial charge in [0.2, 0.25) is 5.91 Å². The van der Waals surface area contributed by atoms with Crippen molar-refractivity contribution in [3.05, 3.63) is 53.6 Å². The molecule has 2 aromatic rings. The lowest BCUT2D eigenvalue weighted by Crippen LogP contribution is -2.36. The summed E-state index contributed by atoms with van der Waals surface area (Å²) in [4.78, 5) is 45.5. The molecule has 0 saturated heterocycles. The quantitative estimate of drug-likeness (QED) is 0.411. The van der Waals surface area contributed by atoms with E-state index in [0.717, 1.165) is 18.7 Å². The first-order valence-electron chi connectivity index (χ1n) is 9.86. The SMILES string of the molecule is C[C@@H](CCc1ncc[nH]1)CNC(=O)C(S)CCCN1C(=O)c2ccccc2C1=O. The number of nitrogens with one attached hydrogen (secondary N) is 2. The summed E-state index contributed by atoms with van der Waals surface area (Å²) in [6.07, 6.45) is 6.31. The molecule has 29 heavy (non-hydrogen) atoms. The number of benzene rings is 1. The number of nitrogens with zero attached hydrogens (tertiary/aromatic N) is 2. The van der Waals surface area contributed by atoms with E-state index in [9.17, 15) is 14.4 Å². The van der Waals surface area contributed by atoms with Gasteiger partial charge in [0.25, 0.3) is 11.8 Å². The molecule has 1 aliphatic heterocycles. The number of aromatic amines is 1. The number of aromatic nitrogens is 2. The maximum atomic E-state index is 12.3. The van der Waals surface area contributed by atoms with Crippen molar-refractivity contribution in [3.63, 3.8) is 0 Å². The van der Waals surface area contributed by atoms with Crippen LogP contribution in [-0.2, 0) is 11.2 Å². The van der Waals surface area contributed by atoms with Crippen LogP contribution in [0.4, 0.5) is 0 Å². The number of carbonyl (C=O) groups excluding carboxylic acids is 3. The fourth-order valence-corrected chi connectivity index (χ4v) is 3.60. The first-order valence-corrected chi connectivity index (χ1v) is 10.4. The van der Waals surface area contributed by atoms with E-state index in [1.165, 1.54) is 4.90 Å². The number of H-pyrrole nitrogens is 1. The number of hydrogen-bond donors (Lipinski definition) is 3. The Morgan fingerprint density at radius 2 is 1.90 bits per heavy atom. The van der Waals surface area contributed by atoms with Crippen molar-refractivity contribution >= 4 is 30.4 Å². The molecule has 1 aromatic carbocycles. The third-order valence-corrected chi connectivity index (χ3v) is 5.59. The van der Waals surface area contributed by atoms with E-state index >= 15 is 0 Å². The lowest BCUT2D eigenvalue weighted by atomic mass is 10.1. The number of fused-ring (bicyclic) bond motifs is 1. The molecule has 0 saturated carbocycles. The van der Waals surface area contributed by atoms with Gasteiger partial charge in [-0.15, -0.1) is 0 Å². The highest BCUT2D eigenvalue weighted by Crippen LogP contribution is 2.23. The minimum Gasteiger partial charge on any atom is -0.355 e. The molecule has 1 unspecified atom stereocenters. The topological polar surface area (TPSA) is 95.2 Å². The van der Waals surface area contributed by atoms with E-state index in [2.05, 4.69) is 34.8 Å². The molecule has 0 spiro atoms. The molecule has 1 aliphatic rings. The summed E-state index contributed by atoms with van der Waals surface area (Å²) in [5, 5.41) is 2.46. The average molecular weight is 415 g/mol. The Morgan fingerprint density at radius 1 is 1.21 bits per heavy atom. The molecule has 0 fully saturated rings. The molecule has 8 heteroatoms.